The van der Waals surface area contributed by atoms with Gasteiger partial charge in [0.1, 0.15) is 5.82 Å². The Labute approximate surface area is 236 Å². The van der Waals surface area contributed by atoms with Crippen molar-refractivity contribution >= 4 is 56.9 Å². The number of hydrogen-bond donors (Lipinski definition) is 1. The number of hydrogen-bond acceptors (Lipinski definition) is 10. The van der Waals surface area contributed by atoms with Crippen molar-refractivity contribution in [3.8, 4) is 0 Å². The molecule has 0 aliphatic carbocycles. The summed E-state index contributed by atoms with van der Waals surface area (Å²) in [6.45, 7) is 3.54. The second-order valence-corrected chi connectivity index (χ2v) is 12.4. The van der Waals surface area contributed by atoms with Crippen LogP contribution in [-0.2, 0) is 10.5 Å². The van der Waals surface area contributed by atoms with Crippen LogP contribution in [0.15, 0.2) is 64.2 Å². The van der Waals surface area contributed by atoms with E-state index in [0.717, 1.165) is 16.3 Å². The fraction of sp³-hybridized carbons (Fsp3) is 0.222. The van der Waals surface area contributed by atoms with Crippen LogP contribution >= 0.6 is 34.4 Å². The molecule has 0 spiro atoms. The van der Waals surface area contributed by atoms with E-state index in [2.05, 4.69) is 15.2 Å². The van der Waals surface area contributed by atoms with E-state index >= 15 is 0 Å². The summed E-state index contributed by atoms with van der Waals surface area (Å²) in [5.41, 5.74) is 3.04. The van der Waals surface area contributed by atoms with E-state index in [0.29, 0.717) is 26.2 Å². The third-order valence-corrected chi connectivity index (χ3v) is 9.36. The van der Waals surface area contributed by atoms with E-state index in [1.165, 1.54) is 51.5 Å². The summed E-state index contributed by atoms with van der Waals surface area (Å²) in [6, 6.07) is 12.8. The van der Waals surface area contributed by atoms with Crippen LogP contribution in [0, 0.1) is 19.7 Å². The first kappa shape index (κ1) is 27.0. The molecule has 0 saturated carbocycles. The number of thiazole rings is 1. The Morgan fingerprint density at radius 2 is 1.77 bits per heavy atom. The summed E-state index contributed by atoms with van der Waals surface area (Å²) in [5, 5.41) is 20.5. The first-order valence-electron chi connectivity index (χ1n) is 11.9. The van der Waals surface area contributed by atoms with Gasteiger partial charge in [0.05, 0.1) is 27.2 Å². The van der Waals surface area contributed by atoms with Crippen LogP contribution in [0.3, 0.4) is 0 Å². The van der Waals surface area contributed by atoms with Gasteiger partial charge in [0.25, 0.3) is 5.91 Å². The Morgan fingerprint density at radius 1 is 1.08 bits per heavy atom. The number of Topliss-reactive ketones (excluding diaryl/α,β-unsaturated/α-hetero) is 1. The average Bonchev–Trinajstić information content (AvgIpc) is 3.59. The Hall–Kier alpha value is -3.61. The minimum absolute atomic E-state index is 0.0138. The number of aliphatic hydroxyl groups excluding tert-OH is 1. The number of nitrogens with zero attached hydrogens (tertiary/aromatic N) is 5. The monoisotopic (exact) mass is 581 g/mol. The number of amides is 1. The fourth-order valence-electron chi connectivity index (χ4n) is 4.25. The van der Waals surface area contributed by atoms with E-state index in [4.69, 9.17) is 0 Å². The quantitative estimate of drug-likeness (QED) is 0.156. The number of carbonyl (C=O) groups excluding carboxylic acids is 2. The van der Waals surface area contributed by atoms with Gasteiger partial charge in [0.2, 0.25) is 10.9 Å². The maximum atomic E-state index is 13.8. The van der Waals surface area contributed by atoms with Crippen LogP contribution in [-0.4, -0.2) is 46.1 Å². The topological polar surface area (TPSA) is 99.5 Å². The van der Waals surface area contributed by atoms with Crippen LogP contribution in [0.4, 0.5) is 15.2 Å². The highest BCUT2D eigenvalue weighted by molar-refractivity contribution is 8.00. The molecule has 1 N–H and O–H groups in total. The maximum Gasteiger partial charge on any atom is 0.296 e. The number of benzene rings is 2. The molecular formula is C27H24FN5O3S3. The van der Waals surface area contributed by atoms with Crippen molar-refractivity contribution in [3.05, 3.63) is 92.4 Å². The minimum Gasteiger partial charge on any atom is -0.503 e. The molecule has 1 atom stereocenters. The third kappa shape index (κ3) is 5.32. The molecule has 12 heteroatoms. The summed E-state index contributed by atoms with van der Waals surface area (Å²) >= 11 is 3.82. The van der Waals surface area contributed by atoms with Crippen molar-refractivity contribution in [1.29, 1.82) is 0 Å². The molecule has 3 heterocycles. The first-order valence-corrected chi connectivity index (χ1v) is 14.5. The van der Waals surface area contributed by atoms with E-state index in [1.807, 2.05) is 43.3 Å². The van der Waals surface area contributed by atoms with E-state index in [9.17, 15) is 19.1 Å². The van der Waals surface area contributed by atoms with Crippen molar-refractivity contribution in [2.45, 2.75) is 30.0 Å². The molecule has 5 rings (SSSR count). The molecule has 4 aromatic rings. The molecular weight excluding hydrogens is 558 g/mol. The van der Waals surface area contributed by atoms with Crippen LogP contribution in [0.2, 0.25) is 0 Å². The number of rotatable bonds is 8. The van der Waals surface area contributed by atoms with Crippen molar-refractivity contribution in [3.63, 3.8) is 0 Å². The zero-order chi connectivity index (χ0) is 27.8. The number of aryl methyl sites for hydroxylation is 2. The molecule has 2 aromatic carbocycles. The summed E-state index contributed by atoms with van der Waals surface area (Å²) in [5.74, 6) is -1.53. The normalized spacial score (nSPS) is 15.4. The molecule has 0 fully saturated rings. The van der Waals surface area contributed by atoms with Gasteiger partial charge in [-0.3, -0.25) is 14.5 Å². The smallest absolute Gasteiger partial charge is 0.296 e. The maximum absolute atomic E-state index is 13.8. The number of aromatic nitrogens is 3. The van der Waals surface area contributed by atoms with Gasteiger partial charge in [-0.25, -0.2) is 9.37 Å². The molecule has 200 valence electrons. The highest BCUT2D eigenvalue weighted by atomic mass is 32.2. The Kier molecular flexibility index (Phi) is 7.52. The summed E-state index contributed by atoms with van der Waals surface area (Å²) in [6.07, 6.45) is 0. The van der Waals surface area contributed by atoms with E-state index < -0.39 is 23.5 Å². The van der Waals surface area contributed by atoms with Crippen LogP contribution in [0.1, 0.15) is 37.5 Å². The average molecular weight is 582 g/mol. The highest BCUT2D eigenvalue weighted by Crippen LogP contribution is 2.44. The van der Waals surface area contributed by atoms with Crippen molar-refractivity contribution < 1.29 is 19.1 Å². The lowest BCUT2D eigenvalue weighted by atomic mass is 9.95. The first-order chi connectivity index (χ1) is 18.6. The lowest BCUT2D eigenvalue weighted by Gasteiger charge is -2.24. The SMILES string of the molecule is Cc1nc(C)c(C(=O)C2=C(O)C(=O)N(c3nnc(SCc4ccc(F)cc4)s3)C2c2ccc(N(C)C)cc2)s1. The number of aliphatic hydroxyl groups is 1. The molecule has 1 amide bonds. The lowest BCUT2D eigenvalue weighted by Crippen LogP contribution is -2.31. The van der Waals surface area contributed by atoms with Gasteiger partial charge in [0.15, 0.2) is 10.1 Å². The van der Waals surface area contributed by atoms with Gasteiger partial charge in [-0.15, -0.1) is 21.5 Å². The number of anilines is 2. The predicted molar refractivity (Wildman–Crippen MR) is 152 cm³/mol. The lowest BCUT2D eigenvalue weighted by molar-refractivity contribution is -0.117. The zero-order valence-electron chi connectivity index (χ0n) is 21.5. The van der Waals surface area contributed by atoms with Gasteiger partial charge in [0, 0.05) is 25.5 Å². The Bertz CT molecular complexity index is 1580. The van der Waals surface area contributed by atoms with Crippen molar-refractivity contribution in [1.82, 2.24) is 15.2 Å². The number of carbonyl (C=O) groups is 2. The Morgan fingerprint density at radius 3 is 2.38 bits per heavy atom. The Balaban J connectivity index is 1.51. The van der Waals surface area contributed by atoms with Gasteiger partial charge < -0.3 is 10.0 Å². The standard InChI is InChI=1S/C27H24FN5O3S3/c1-14-24(38-15(2)29-14)22(34)20-21(17-7-11-19(12-8-17)32(3)4)33(25(36)23(20)35)26-30-31-27(39-26)37-13-16-5-9-18(28)10-6-16/h5-12,21,35H,13H2,1-4H3. The van der Waals surface area contributed by atoms with Gasteiger partial charge in [-0.2, -0.15) is 0 Å². The molecule has 8 nitrogen and oxygen atoms in total. The molecule has 0 saturated heterocycles. The molecule has 1 unspecified atom stereocenters. The summed E-state index contributed by atoms with van der Waals surface area (Å²) in [7, 11) is 3.84. The molecule has 1 aliphatic heterocycles. The van der Waals surface area contributed by atoms with Crippen molar-refractivity contribution in [2.75, 3.05) is 23.9 Å². The van der Waals surface area contributed by atoms with Gasteiger partial charge in [-0.1, -0.05) is 47.4 Å². The molecule has 1 aliphatic rings. The summed E-state index contributed by atoms with van der Waals surface area (Å²) in [4.78, 5) is 35.2. The molecule has 39 heavy (non-hydrogen) atoms. The number of thioether (sulfide) groups is 1. The van der Waals surface area contributed by atoms with Crippen molar-refractivity contribution in [2.24, 2.45) is 0 Å². The predicted octanol–water partition coefficient (Wildman–Crippen LogP) is 5.89. The van der Waals surface area contributed by atoms with Gasteiger partial charge >= 0.3 is 0 Å². The fourth-order valence-corrected chi connectivity index (χ4v) is 6.95. The van der Waals surface area contributed by atoms with Gasteiger partial charge in [-0.05, 0) is 49.2 Å². The molecule has 0 radical (unpaired) electrons. The largest absolute Gasteiger partial charge is 0.503 e. The highest BCUT2D eigenvalue weighted by Gasteiger charge is 2.46. The van der Waals surface area contributed by atoms with Crippen LogP contribution in [0.5, 0.6) is 0 Å². The van der Waals surface area contributed by atoms with E-state index in [1.54, 1.807) is 26.0 Å². The zero-order valence-corrected chi connectivity index (χ0v) is 24.0. The third-order valence-electron chi connectivity index (χ3n) is 6.17. The second kappa shape index (κ2) is 10.9. The van der Waals surface area contributed by atoms with Crippen LogP contribution < -0.4 is 9.80 Å². The van der Waals surface area contributed by atoms with E-state index in [-0.39, 0.29) is 16.5 Å². The second-order valence-electron chi connectivity index (χ2n) is 9.07. The summed E-state index contributed by atoms with van der Waals surface area (Å²) < 4.78 is 13.8. The number of ketones is 1. The van der Waals surface area contributed by atoms with Crippen LogP contribution in [0.25, 0.3) is 0 Å². The molecule has 2 aromatic heterocycles. The number of halogens is 1. The minimum atomic E-state index is -0.897. The molecule has 0 bridgehead atoms.